The van der Waals surface area contributed by atoms with Crippen molar-refractivity contribution in [3.8, 4) is 0 Å². The smallest absolute Gasteiger partial charge is 0.0100 e. The summed E-state index contributed by atoms with van der Waals surface area (Å²) in [4.78, 5) is 5.42. The average Bonchev–Trinajstić information content (AvgIpc) is 2.46. The molecule has 1 aliphatic carbocycles. The SMILES string of the molecule is CCN1CCC(CC2CCN(C3CC(C)C3)CC2)CC1. The van der Waals surface area contributed by atoms with Crippen molar-refractivity contribution in [2.75, 3.05) is 32.7 Å². The Morgan fingerprint density at radius 2 is 1.40 bits per heavy atom. The van der Waals surface area contributed by atoms with Crippen LogP contribution in [-0.2, 0) is 0 Å². The molecule has 0 spiro atoms. The van der Waals surface area contributed by atoms with Gasteiger partial charge in [-0.1, -0.05) is 13.8 Å². The summed E-state index contributed by atoms with van der Waals surface area (Å²) in [5.74, 6) is 3.08. The molecule has 0 atom stereocenters. The molecule has 0 amide bonds. The second kappa shape index (κ2) is 6.79. The molecule has 3 aliphatic rings. The standard InChI is InChI=1S/C18H34N2/c1-3-19-8-4-16(5-9-19)14-17-6-10-20(11-7-17)18-12-15(2)13-18/h15-18H,3-14H2,1-2H3. The van der Waals surface area contributed by atoms with Crippen LogP contribution in [-0.4, -0.2) is 48.6 Å². The number of rotatable bonds is 4. The van der Waals surface area contributed by atoms with Gasteiger partial charge < -0.3 is 9.80 Å². The molecule has 0 radical (unpaired) electrons. The Labute approximate surface area is 125 Å². The maximum atomic E-state index is 2.80. The highest BCUT2D eigenvalue weighted by atomic mass is 15.2. The van der Waals surface area contributed by atoms with Crippen LogP contribution < -0.4 is 0 Å². The predicted molar refractivity (Wildman–Crippen MR) is 85.9 cm³/mol. The fourth-order valence-electron chi connectivity index (χ4n) is 4.72. The largest absolute Gasteiger partial charge is 0.304 e. The Morgan fingerprint density at radius 3 is 1.90 bits per heavy atom. The van der Waals surface area contributed by atoms with Crippen LogP contribution >= 0.6 is 0 Å². The molecule has 0 aromatic carbocycles. The molecule has 2 heteroatoms. The van der Waals surface area contributed by atoms with Gasteiger partial charge >= 0.3 is 0 Å². The van der Waals surface area contributed by atoms with Gasteiger partial charge in [-0.3, -0.25) is 0 Å². The number of hydrogen-bond donors (Lipinski definition) is 0. The predicted octanol–water partition coefficient (Wildman–Crippen LogP) is 3.62. The number of hydrogen-bond acceptors (Lipinski definition) is 2. The molecule has 0 unspecified atom stereocenters. The van der Waals surface area contributed by atoms with Crippen molar-refractivity contribution < 1.29 is 0 Å². The molecule has 0 aromatic rings. The van der Waals surface area contributed by atoms with Gasteiger partial charge in [0.15, 0.2) is 0 Å². The molecule has 0 bridgehead atoms. The van der Waals surface area contributed by atoms with E-state index < -0.39 is 0 Å². The molecule has 20 heavy (non-hydrogen) atoms. The molecular formula is C18H34N2. The molecule has 3 rings (SSSR count). The quantitative estimate of drug-likeness (QED) is 0.775. The minimum Gasteiger partial charge on any atom is -0.304 e. The number of likely N-dealkylation sites (tertiary alicyclic amines) is 2. The zero-order valence-corrected chi connectivity index (χ0v) is 13.7. The van der Waals surface area contributed by atoms with Gasteiger partial charge in [-0.25, -0.2) is 0 Å². The van der Waals surface area contributed by atoms with Gasteiger partial charge in [0.25, 0.3) is 0 Å². The lowest BCUT2D eigenvalue weighted by Crippen LogP contribution is -2.47. The topological polar surface area (TPSA) is 6.48 Å². The highest BCUT2D eigenvalue weighted by Gasteiger charge is 2.33. The third kappa shape index (κ3) is 3.57. The second-order valence-electron chi connectivity index (χ2n) is 7.82. The highest BCUT2D eigenvalue weighted by molar-refractivity contribution is 4.88. The Balaban J connectivity index is 1.34. The fraction of sp³-hybridized carbons (Fsp3) is 1.00. The maximum absolute atomic E-state index is 2.80. The van der Waals surface area contributed by atoms with E-state index >= 15 is 0 Å². The van der Waals surface area contributed by atoms with Gasteiger partial charge in [0, 0.05) is 6.04 Å². The van der Waals surface area contributed by atoms with Crippen molar-refractivity contribution in [2.24, 2.45) is 17.8 Å². The van der Waals surface area contributed by atoms with Crippen LogP contribution in [0.15, 0.2) is 0 Å². The van der Waals surface area contributed by atoms with Crippen LogP contribution in [0.25, 0.3) is 0 Å². The lowest BCUT2D eigenvalue weighted by molar-refractivity contribution is 0.0475. The second-order valence-corrected chi connectivity index (χ2v) is 7.82. The van der Waals surface area contributed by atoms with Gasteiger partial charge in [0.1, 0.15) is 0 Å². The highest BCUT2D eigenvalue weighted by Crippen LogP contribution is 2.35. The van der Waals surface area contributed by atoms with Gasteiger partial charge in [0.05, 0.1) is 0 Å². The Kier molecular flexibility index (Phi) is 5.04. The van der Waals surface area contributed by atoms with Crippen molar-refractivity contribution in [1.29, 1.82) is 0 Å². The molecule has 2 heterocycles. The van der Waals surface area contributed by atoms with E-state index in [1.54, 1.807) is 0 Å². The van der Waals surface area contributed by atoms with Crippen molar-refractivity contribution in [3.05, 3.63) is 0 Å². The van der Waals surface area contributed by atoms with E-state index in [1.165, 1.54) is 77.7 Å². The first-order chi connectivity index (χ1) is 9.74. The molecule has 1 saturated carbocycles. The van der Waals surface area contributed by atoms with E-state index in [4.69, 9.17) is 0 Å². The number of nitrogens with zero attached hydrogens (tertiary/aromatic N) is 2. The summed E-state index contributed by atoms with van der Waals surface area (Å²) in [5, 5.41) is 0. The van der Waals surface area contributed by atoms with E-state index in [0.29, 0.717) is 0 Å². The van der Waals surface area contributed by atoms with Crippen molar-refractivity contribution in [3.63, 3.8) is 0 Å². The minimum absolute atomic E-state index is 0.957. The lowest BCUT2D eigenvalue weighted by Gasteiger charge is -2.45. The lowest BCUT2D eigenvalue weighted by atomic mass is 9.78. The molecule has 116 valence electrons. The van der Waals surface area contributed by atoms with E-state index in [0.717, 1.165) is 23.8 Å². The molecule has 2 nitrogen and oxygen atoms in total. The fourth-order valence-corrected chi connectivity index (χ4v) is 4.72. The van der Waals surface area contributed by atoms with E-state index in [2.05, 4.69) is 23.6 Å². The number of piperidine rings is 2. The normalized spacial score (nSPS) is 35.1. The summed E-state index contributed by atoms with van der Waals surface area (Å²) in [6, 6.07) is 0.957. The van der Waals surface area contributed by atoms with Crippen LogP contribution in [0.4, 0.5) is 0 Å². The summed E-state index contributed by atoms with van der Waals surface area (Å²) in [6.45, 7) is 11.5. The van der Waals surface area contributed by atoms with Crippen LogP contribution in [0.5, 0.6) is 0 Å². The van der Waals surface area contributed by atoms with Crippen LogP contribution in [0.3, 0.4) is 0 Å². The maximum Gasteiger partial charge on any atom is 0.0100 e. The first-order valence-electron chi connectivity index (χ1n) is 9.21. The van der Waals surface area contributed by atoms with Crippen molar-refractivity contribution >= 4 is 0 Å². The van der Waals surface area contributed by atoms with Crippen molar-refractivity contribution in [1.82, 2.24) is 9.80 Å². The summed E-state index contributed by atoms with van der Waals surface area (Å²) in [5.41, 5.74) is 0. The first-order valence-corrected chi connectivity index (χ1v) is 9.21. The van der Waals surface area contributed by atoms with Gasteiger partial charge in [-0.2, -0.15) is 0 Å². The minimum atomic E-state index is 0.957. The summed E-state index contributed by atoms with van der Waals surface area (Å²) >= 11 is 0. The van der Waals surface area contributed by atoms with Gasteiger partial charge in [0.2, 0.25) is 0 Å². The zero-order chi connectivity index (χ0) is 13.9. The van der Waals surface area contributed by atoms with Gasteiger partial charge in [-0.15, -0.1) is 0 Å². The molecule has 2 saturated heterocycles. The molecule has 0 N–H and O–H groups in total. The first kappa shape index (κ1) is 14.8. The molecular weight excluding hydrogens is 244 g/mol. The zero-order valence-electron chi connectivity index (χ0n) is 13.7. The van der Waals surface area contributed by atoms with E-state index in [1.807, 2.05) is 0 Å². The van der Waals surface area contributed by atoms with Crippen LogP contribution in [0.2, 0.25) is 0 Å². The van der Waals surface area contributed by atoms with Crippen LogP contribution in [0.1, 0.15) is 58.8 Å². The molecule has 0 aromatic heterocycles. The van der Waals surface area contributed by atoms with Crippen molar-refractivity contribution in [2.45, 2.75) is 64.8 Å². The third-order valence-electron chi connectivity index (χ3n) is 6.34. The van der Waals surface area contributed by atoms with E-state index in [-0.39, 0.29) is 0 Å². The molecule has 2 aliphatic heterocycles. The monoisotopic (exact) mass is 278 g/mol. The van der Waals surface area contributed by atoms with E-state index in [9.17, 15) is 0 Å². The van der Waals surface area contributed by atoms with Gasteiger partial charge in [-0.05, 0) is 95.4 Å². The third-order valence-corrected chi connectivity index (χ3v) is 6.34. The Bertz CT molecular complexity index is 282. The Hall–Kier alpha value is -0.0800. The van der Waals surface area contributed by atoms with Crippen LogP contribution in [0, 0.1) is 17.8 Å². The average molecular weight is 278 g/mol. The summed E-state index contributed by atoms with van der Waals surface area (Å²) < 4.78 is 0. The molecule has 3 fully saturated rings. The summed E-state index contributed by atoms with van der Waals surface area (Å²) in [6.07, 6.45) is 10.4. The Morgan fingerprint density at radius 1 is 0.850 bits per heavy atom. The summed E-state index contributed by atoms with van der Waals surface area (Å²) in [7, 11) is 0.